The topological polar surface area (TPSA) is 54.8 Å². The molecule has 1 aromatic heterocycles. The van der Waals surface area contributed by atoms with Gasteiger partial charge in [-0.1, -0.05) is 35.9 Å². The zero-order chi connectivity index (χ0) is 16.4. The highest BCUT2D eigenvalue weighted by Gasteiger charge is 2.17. The number of aryl methyl sites for hydroxylation is 2. The molecule has 2 aromatic carbocycles. The summed E-state index contributed by atoms with van der Waals surface area (Å²) in [6.07, 6.45) is 5.25. The van der Waals surface area contributed by atoms with Crippen LogP contribution in [0.5, 0.6) is 0 Å². The quantitative estimate of drug-likeness (QED) is 0.757. The third-order valence-electron chi connectivity index (χ3n) is 4.29. The van der Waals surface area contributed by atoms with E-state index in [1.165, 1.54) is 17.5 Å². The monoisotopic (exact) mass is 339 g/mol. The molecule has 4 rings (SSSR count). The lowest BCUT2D eigenvalue weighted by molar-refractivity contribution is 0.636. The Labute approximate surface area is 145 Å². The number of aromatic nitrogens is 3. The van der Waals surface area contributed by atoms with Gasteiger partial charge in [0.25, 0.3) is 0 Å². The molecular formula is C18H18ClN5. The summed E-state index contributed by atoms with van der Waals surface area (Å²) in [5.41, 5.74) is 5.65. The van der Waals surface area contributed by atoms with Gasteiger partial charge in [-0.05, 0) is 36.1 Å². The molecule has 2 heterocycles. The van der Waals surface area contributed by atoms with Gasteiger partial charge in [-0.25, -0.2) is 4.98 Å². The number of anilines is 3. The SMILES string of the molecule is Clc1c(NCCn2cncn2)ccc2c1Nc1ccccc1CC2. The van der Waals surface area contributed by atoms with Crippen molar-refractivity contribution in [2.75, 3.05) is 17.2 Å². The van der Waals surface area contributed by atoms with E-state index >= 15 is 0 Å². The standard InChI is InChI=1S/C18H18ClN5/c19-17-16(21-9-10-24-12-20-11-22-24)8-7-14-6-5-13-3-1-2-4-15(13)23-18(14)17/h1-4,7-8,11-12,21,23H,5-6,9-10H2. The van der Waals surface area contributed by atoms with Crippen LogP contribution in [-0.2, 0) is 19.4 Å². The minimum Gasteiger partial charge on any atom is -0.382 e. The van der Waals surface area contributed by atoms with Crippen molar-refractivity contribution in [3.8, 4) is 0 Å². The number of nitrogens with one attached hydrogen (secondary N) is 2. The van der Waals surface area contributed by atoms with Crippen LogP contribution in [0.4, 0.5) is 17.1 Å². The fourth-order valence-electron chi connectivity index (χ4n) is 3.01. The number of hydrogen-bond acceptors (Lipinski definition) is 4. The molecule has 0 saturated carbocycles. The Bertz CT molecular complexity index is 845. The second-order valence-electron chi connectivity index (χ2n) is 5.83. The Hall–Kier alpha value is -2.53. The highest BCUT2D eigenvalue weighted by Crippen LogP contribution is 2.39. The minimum atomic E-state index is 0.735. The van der Waals surface area contributed by atoms with Crippen LogP contribution < -0.4 is 10.6 Å². The van der Waals surface area contributed by atoms with Crippen LogP contribution in [0.15, 0.2) is 49.1 Å². The largest absolute Gasteiger partial charge is 0.382 e. The maximum atomic E-state index is 6.67. The fourth-order valence-corrected chi connectivity index (χ4v) is 3.31. The highest BCUT2D eigenvalue weighted by molar-refractivity contribution is 6.36. The van der Waals surface area contributed by atoms with Gasteiger partial charge in [0.2, 0.25) is 0 Å². The van der Waals surface area contributed by atoms with Crippen LogP contribution in [0.2, 0.25) is 5.02 Å². The maximum absolute atomic E-state index is 6.67. The normalized spacial score (nSPS) is 12.7. The molecular weight excluding hydrogens is 322 g/mol. The van der Waals surface area contributed by atoms with Gasteiger partial charge in [-0.15, -0.1) is 0 Å². The average molecular weight is 340 g/mol. The van der Waals surface area contributed by atoms with Crippen molar-refractivity contribution in [3.05, 3.63) is 65.2 Å². The van der Waals surface area contributed by atoms with E-state index in [1.807, 2.05) is 6.07 Å². The van der Waals surface area contributed by atoms with Crippen LogP contribution in [0.25, 0.3) is 0 Å². The number of nitrogens with zero attached hydrogens (tertiary/aromatic N) is 3. The van der Waals surface area contributed by atoms with Crippen molar-refractivity contribution >= 4 is 28.7 Å². The van der Waals surface area contributed by atoms with Gasteiger partial charge in [0.15, 0.2) is 0 Å². The van der Waals surface area contributed by atoms with Crippen LogP contribution in [0.1, 0.15) is 11.1 Å². The molecule has 1 aliphatic rings. The molecule has 0 radical (unpaired) electrons. The molecule has 0 saturated heterocycles. The first-order valence-electron chi connectivity index (χ1n) is 8.04. The molecule has 3 aromatic rings. The fraction of sp³-hybridized carbons (Fsp3) is 0.222. The Morgan fingerprint density at radius 1 is 1.12 bits per heavy atom. The third-order valence-corrected chi connectivity index (χ3v) is 4.68. The first-order valence-corrected chi connectivity index (χ1v) is 8.41. The Morgan fingerprint density at radius 3 is 2.88 bits per heavy atom. The summed E-state index contributed by atoms with van der Waals surface area (Å²) in [4.78, 5) is 3.94. The summed E-state index contributed by atoms with van der Waals surface area (Å²) in [5.74, 6) is 0. The van der Waals surface area contributed by atoms with E-state index in [1.54, 1.807) is 11.0 Å². The predicted octanol–water partition coefficient (Wildman–Crippen LogP) is 3.89. The summed E-state index contributed by atoms with van der Waals surface area (Å²) >= 11 is 6.67. The predicted molar refractivity (Wildman–Crippen MR) is 97.1 cm³/mol. The van der Waals surface area contributed by atoms with E-state index in [9.17, 15) is 0 Å². The molecule has 1 aliphatic heterocycles. The van der Waals surface area contributed by atoms with Crippen LogP contribution in [0, 0.1) is 0 Å². The number of para-hydroxylation sites is 1. The van der Waals surface area contributed by atoms with Gasteiger partial charge in [0.1, 0.15) is 12.7 Å². The van der Waals surface area contributed by atoms with Crippen LogP contribution in [0.3, 0.4) is 0 Å². The molecule has 0 amide bonds. The lowest BCUT2D eigenvalue weighted by atomic mass is 10.0. The van der Waals surface area contributed by atoms with E-state index in [0.29, 0.717) is 0 Å². The van der Waals surface area contributed by atoms with Crippen LogP contribution in [-0.4, -0.2) is 21.3 Å². The molecule has 6 heteroatoms. The summed E-state index contributed by atoms with van der Waals surface area (Å²) < 4.78 is 1.79. The first-order chi connectivity index (χ1) is 11.8. The Kier molecular flexibility index (Phi) is 4.09. The van der Waals surface area contributed by atoms with Gasteiger partial charge < -0.3 is 10.6 Å². The van der Waals surface area contributed by atoms with Gasteiger partial charge in [0.05, 0.1) is 22.9 Å². The molecule has 0 bridgehead atoms. The van der Waals surface area contributed by atoms with E-state index in [2.05, 4.69) is 51.0 Å². The lowest BCUT2D eigenvalue weighted by Crippen LogP contribution is -2.11. The summed E-state index contributed by atoms with van der Waals surface area (Å²) in [7, 11) is 0. The molecule has 0 fully saturated rings. The second kappa shape index (κ2) is 6.53. The Balaban J connectivity index is 1.55. The van der Waals surface area contributed by atoms with E-state index < -0.39 is 0 Å². The summed E-state index contributed by atoms with van der Waals surface area (Å²) in [6, 6.07) is 12.6. The number of benzene rings is 2. The van der Waals surface area contributed by atoms with E-state index in [0.717, 1.165) is 48.0 Å². The van der Waals surface area contributed by atoms with Gasteiger partial charge in [-0.2, -0.15) is 5.10 Å². The second-order valence-corrected chi connectivity index (χ2v) is 6.21. The zero-order valence-corrected chi connectivity index (χ0v) is 13.9. The highest BCUT2D eigenvalue weighted by atomic mass is 35.5. The minimum absolute atomic E-state index is 0.735. The lowest BCUT2D eigenvalue weighted by Gasteiger charge is -2.16. The molecule has 24 heavy (non-hydrogen) atoms. The van der Waals surface area contributed by atoms with Crippen molar-refractivity contribution in [2.45, 2.75) is 19.4 Å². The van der Waals surface area contributed by atoms with Gasteiger partial charge in [0, 0.05) is 12.2 Å². The maximum Gasteiger partial charge on any atom is 0.137 e. The third kappa shape index (κ3) is 2.95. The van der Waals surface area contributed by atoms with E-state index in [-0.39, 0.29) is 0 Å². The zero-order valence-electron chi connectivity index (χ0n) is 13.2. The van der Waals surface area contributed by atoms with Crippen molar-refractivity contribution in [2.24, 2.45) is 0 Å². The number of halogens is 1. The summed E-state index contributed by atoms with van der Waals surface area (Å²) in [6.45, 7) is 1.47. The van der Waals surface area contributed by atoms with Crippen LogP contribution >= 0.6 is 11.6 Å². The average Bonchev–Trinajstić information content (AvgIpc) is 3.04. The number of fused-ring (bicyclic) bond motifs is 2. The van der Waals surface area contributed by atoms with Crippen molar-refractivity contribution in [3.63, 3.8) is 0 Å². The van der Waals surface area contributed by atoms with Crippen molar-refractivity contribution in [1.82, 2.24) is 14.8 Å². The van der Waals surface area contributed by atoms with Gasteiger partial charge in [-0.3, -0.25) is 4.68 Å². The van der Waals surface area contributed by atoms with E-state index in [4.69, 9.17) is 11.6 Å². The molecule has 5 nitrogen and oxygen atoms in total. The molecule has 2 N–H and O–H groups in total. The van der Waals surface area contributed by atoms with Gasteiger partial charge >= 0.3 is 0 Å². The number of hydrogen-bond donors (Lipinski definition) is 2. The smallest absolute Gasteiger partial charge is 0.137 e. The van der Waals surface area contributed by atoms with Crippen molar-refractivity contribution < 1.29 is 0 Å². The number of rotatable bonds is 4. The molecule has 0 spiro atoms. The van der Waals surface area contributed by atoms with Crippen molar-refractivity contribution in [1.29, 1.82) is 0 Å². The summed E-state index contributed by atoms with van der Waals surface area (Å²) in [5, 5.41) is 11.7. The molecule has 0 atom stereocenters. The molecule has 0 aliphatic carbocycles. The molecule has 122 valence electrons. The first kappa shape index (κ1) is 15.0. The Morgan fingerprint density at radius 2 is 2.00 bits per heavy atom. The molecule has 0 unspecified atom stereocenters.